The maximum atomic E-state index is 12.8. The lowest BCUT2D eigenvalue weighted by Crippen LogP contribution is -2.43. The van der Waals surface area contributed by atoms with Gasteiger partial charge < -0.3 is 19.7 Å². The predicted molar refractivity (Wildman–Crippen MR) is 124 cm³/mol. The Kier molecular flexibility index (Phi) is 6.84. The normalized spacial score (nSPS) is 15.8. The third-order valence-corrected chi connectivity index (χ3v) is 5.75. The van der Waals surface area contributed by atoms with Crippen LogP contribution in [0.3, 0.4) is 0 Å². The van der Waals surface area contributed by atoms with E-state index in [1.54, 1.807) is 14.2 Å². The molecule has 7 heteroatoms. The number of hydrogen-bond donors (Lipinski definition) is 1. The van der Waals surface area contributed by atoms with Crippen LogP contribution in [0.4, 0.5) is 5.82 Å². The summed E-state index contributed by atoms with van der Waals surface area (Å²) < 4.78 is 10.6. The number of carbonyl (C=O) groups excluding carboxylic acids is 1. The van der Waals surface area contributed by atoms with Crippen LogP contribution in [0.5, 0.6) is 11.5 Å². The number of methoxy groups -OCH3 is 2. The summed E-state index contributed by atoms with van der Waals surface area (Å²) in [6, 6.07) is 19.6. The Balaban J connectivity index is 1.36. The number of ether oxygens (including phenoxy) is 2. The molecule has 1 atom stereocenters. The van der Waals surface area contributed by atoms with Crippen LogP contribution in [0, 0.1) is 5.92 Å². The molecule has 0 bridgehead atoms. The fraction of sp³-hybridized carbons (Fsp3) is 0.320. The highest BCUT2D eigenvalue weighted by molar-refractivity contribution is 5.79. The molecule has 3 aromatic rings. The van der Waals surface area contributed by atoms with E-state index in [2.05, 4.69) is 20.4 Å². The van der Waals surface area contributed by atoms with E-state index in [1.807, 2.05) is 60.7 Å². The smallest absolute Gasteiger partial charge is 0.225 e. The van der Waals surface area contributed by atoms with Gasteiger partial charge in [0.25, 0.3) is 0 Å². The monoisotopic (exact) mass is 432 g/mol. The summed E-state index contributed by atoms with van der Waals surface area (Å²) >= 11 is 0. The van der Waals surface area contributed by atoms with E-state index in [4.69, 9.17) is 9.47 Å². The first kappa shape index (κ1) is 21.6. The van der Waals surface area contributed by atoms with Crippen LogP contribution in [0.1, 0.15) is 18.4 Å². The minimum atomic E-state index is -0.0838. The zero-order valence-corrected chi connectivity index (χ0v) is 18.5. The van der Waals surface area contributed by atoms with Crippen molar-refractivity contribution in [1.29, 1.82) is 0 Å². The lowest BCUT2D eigenvalue weighted by Gasteiger charge is -2.32. The first-order valence-corrected chi connectivity index (χ1v) is 10.8. The molecule has 166 valence electrons. The molecule has 0 radical (unpaired) electrons. The Hall–Kier alpha value is -3.61. The van der Waals surface area contributed by atoms with Gasteiger partial charge in [0.2, 0.25) is 5.91 Å². The van der Waals surface area contributed by atoms with Crippen molar-refractivity contribution >= 4 is 11.7 Å². The summed E-state index contributed by atoms with van der Waals surface area (Å²) in [4.78, 5) is 15.0. The summed E-state index contributed by atoms with van der Waals surface area (Å²) in [6.07, 6.45) is 1.81. The van der Waals surface area contributed by atoms with E-state index in [-0.39, 0.29) is 11.8 Å². The van der Waals surface area contributed by atoms with Crippen molar-refractivity contribution < 1.29 is 14.3 Å². The number of amides is 1. The fourth-order valence-corrected chi connectivity index (χ4v) is 3.98. The molecule has 0 spiro atoms. The molecule has 1 fully saturated rings. The number of nitrogens with one attached hydrogen (secondary N) is 1. The van der Waals surface area contributed by atoms with Crippen LogP contribution < -0.4 is 19.7 Å². The molecule has 1 aliphatic heterocycles. The van der Waals surface area contributed by atoms with Gasteiger partial charge in [-0.25, -0.2) is 0 Å². The Morgan fingerprint density at radius 1 is 1.03 bits per heavy atom. The quantitative estimate of drug-likeness (QED) is 0.614. The third-order valence-electron chi connectivity index (χ3n) is 5.75. The van der Waals surface area contributed by atoms with Crippen LogP contribution >= 0.6 is 0 Å². The highest BCUT2D eigenvalue weighted by Gasteiger charge is 2.26. The Labute approximate surface area is 188 Å². The summed E-state index contributed by atoms with van der Waals surface area (Å²) in [5.41, 5.74) is 2.85. The van der Waals surface area contributed by atoms with Crippen LogP contribution in [-0.4, -0.2) is 43.4 Å². The van der Waals surface area contributed by atoms with Crippen molar-refractivity contribution in [2.45, 2.75) is 19.4 Å². The van der Waals surface area contributed by atoms with Crippen molar-refractivity contribution in [1.82, 2.24) is 15.5 Å². The standard InChI is InChI=1S/C25H28N4O3/c1-31-22-12-10-18(15-23(22)32-2)16-26-25(30)20-9-6-14-29(17-20)24-13-11-21(27-28-24)19-7-4-3-5-8-19/h3-5,7-8,10-13,15,20H,6,9,14,16-17H2,1-2H3,(H,26,30). The van der Waals surface area contributed by atoms with Crippen molar-refractivity contribution in [3.05, 3.63) is 66.2 Å². The molecule has 1 N–H and O–H groups in total. The molecule has 1 aromatic heterocycles. The number of hydrogen-bond acceptors (Lipinski definition) is 6. The Morgan fingerprint density at radius 3 is 2.56 bits per heavy atom. The molecule has 0 saturated carbocycles. The highest BCUT2D eigenvalue weighted by atomic mass is 16.5. The van der Waals surface area contributed by atoms with E-state index in [1.165, 1.54) is 0 Å². The first-order valence-electron chi connectivity index (χ1n) is 10.8. The van der Waals surface area contributed by atoms with Crippen molar-refractivity contribution in [3.8, 4) is 22.8 Å². The largest absolute Gasteiger partial charge is 0.493 e. The minimum absolute atomic E-state index is 0.0540. The molecule has 32 heavy (non-hydrogen) atoms. The lowest BCUT2D eigenvalue weighted by molar-refractivity contribution is -0.125. The van der Waals surface area contributed by atoms with Crippen molar-refractivity contribution in [2.24, 2.45) is 5.92 Å². The molecule has 7 nitrogen and oxygen atoms in total. The van der Waals surface area contributed by atoms with Gasteiger partial charge in [-0.05, 0) is 42.7 Å². The van der Waals surface area contributed by atoms with Crippen LogP contribution in [0.25, 0.3) is 11.3 Å². The molecule has 1 amide bonds. The molecule has 2 heterocycles. The van der Waals surface area contributed by atoms with Gasteiger partial charge in [0.15, 0.2) is 17.3 Å². The second kappa shape index (κ2) is 10.1. The number of anilines is 1. The van der Waals surface area contributed by atoms with E-state index < -0.39 is 0 Å². The maximum absolute atomic E-state index is 12.8. The molecule has 0 aliphatic carbocycles. The fourth-order valence-electron chi connectivity index (χ4n) is 3.98. The van der Waals surface area contributed by atoms with Gasteiger partial charge in [-0.2, -0.15) is 0 Å². The van der Waals surface area contributed by atoms with Crippen LogP contribution in [-0.2, 0) is 11.3 Å². The van der Waals surface area contributed by atoms with E-state index in [0.29, 0.717) is 24.6 Å². The van der Waals surface area contributed by atoms with Crippen molar-refractivity contribution in [2.75, 3.05) is 32.2 Å². The summed E-state index contributed by atoms with van der Waals surface area (Å²) in [5, 5.41) is 11.9. The number of benzene rings is 2. The molecule has 2 aromatic carbocycles. The van der Waals surface area contributed by atoms with Gasteiger partial charge in [0, 0.05) is 25.2 Å². The number of piperidine rings is 1. The molecule has 1 aliphatic rings. The van der Waals surface area contributed by atoms with E-state index in [9.17, 15) is 4.79 Å². The van der Waals surface area contributed by atoms with Gasteiger partial charge >= 0.3 is 0 Å². The maximum Gasteiger partial charge on any atom is 0.225 e. The van der Waals surface area contributed by atoms with Crippen LogP contribution in [0.2, 0.25) is 0 Å². The minimum Gasteiger partial charge on any atom is -0.493 e. The Bertz CT molecular complexity index is 1040. The second-order valence-corrected chi connectivity index (χ2v) is 7.84. The van der Waals surface area contributed by atoms with Gasteiger partial charge in [0.1, 0.15) is 0 Å². The van der Waals surface area contributed by atoms with Crippen LogP contribution in [0.15, 0.2) is 60.7 Å². The summed E-state index contributed by atoms with van der Waals surface area (Å²) in [6.45, 7) is 1.96. The van der Waals surface area contributed by atoms with Gasteiger partial charge in [-0.3, -0.25) is 4.79 Å². The van der Waals surface area contributed by atoms with Gasteiger partial charge in [-0.1, -0.05) is 36.4 Å². The average molecular weight is 433 g/mol. The van der Waals surface area contributed by atoms with E-state index in [0.717, 1.165) is 42.0 Å². The number of carbonyl (C=O) groups is 1. The first-order chi connectivity index (χ1) is 15.7. The molecule has 4 rings (SSSR count). The predicted octanol–water partition coefficient (Wildman–Crippen LogP) is 3.69. The topological polar surface area (TPSA) is 76.6 Å². The van der Waals surface area contributed by atoms with Crippen molar-refractivity contribution in [3.63, 3.8) is 0 Å². The third kappa shape index (κ3) is 4.99. The molecular weight excluding hydrogens is 404 g/mol. The zero-order valence-electron chi connectivity index (χ0n) is 18.5. The number of nitrogens with zero attached hydrogens (tertiary/aromatic N) is 3. The zero-order chi connectivity index (χ0) is 22.3. The van der Waals surface area contributed by atoms with E-state index >= 15 is 0 Å². The molecule has 1 saturated heterocycles. The summed E-state index contributed by atoms with van der Waals surface area (Å²) in [5.74, 6) is 2.10. The lowest BCUT2D eigenvalue weighted by atomic mass is 9.97. The van der Waals surface area contributed by atoms with Gasteiger partial charge in [0.05, 0.1) is 25.8 Å². The number of rotatable bonds is 7. The highest BCUT2D eigenvalue weighted by Crippen LogP contribution is 2.28. The number of aromatic nitrogens is 2. The summed E-state index contributed by atoms with van der Waals surface area (Å²) in [7, 11) is 3.21. The SMILES string of the molecule is COc1ccc(CNC(=O)C2CCCN(c3ccc(-c4ccccc4)nn3)C2)cc1OC. The van der Waals surface area contributed by atoms with Gasteiger partial charge in [-0.15, -0.1) is 10.2 Å². The molecule has 1 unspecified atom stereocenters. The molecular formula is C25H28N4O3. The Morgan fingerprint density at radius 2 is 1.84 bits per heavy atom. The average Bonchev–Trinajstić information content (AvgIpc) is 2.87. The second-order valence-electron chi connectivity index (χ2n) is 7.84.